The summed E-state index contributed by atoms with van der Waals surface area (Å²) in [4.78, 5) is 16.3. The predicted octanol–water partition coefficient (Wildman–Crippen LogP) is 2.11. The molecule has 1 atom stereocenters. The second-order valence-electron chi connectivity index (χ2n) is 5.98. The summed E-state index contributed by atoms with van der Waals surface area (Å²) < 4.78 is 2.25. The molecule has 5 heteroatoms. The Morgan fingerprint density at radius 3 is 2.90 bits per heavy atom. The van der Waals surface area contributed by atoms with Crippen LogP contribution in [0.15, 0.2) is 6.20 Å². The third kappa shape index (κ3) is 3.99. The van der Waals surface area contributed by atoms with E-state index in [-0.39, 0.29) is 12.1 Å². The molecule has 0 bridgehead atoms. The molecule has 1 unspecified atom stereocenters. The van der Waals surface area contributed by atoms with Crippen LogP contribution in [0, 0.1) is 5.92 Å². The van der Waals surface area contributed by atoms with E-state index in [0.717, 1.165) is 25.1 Å². The zero-order chi connectivity index (χ0) is 14.5. The van der Waals surface area contributed by atoms with E-state index in [4.69, 9.17) is 0 Å². The van der Waals surface area contributed by atoms with Crippen LogP contribution in [0.2, 0.25) is 0 Å². The van der Waals surface area contributed by atoms with Gasteiger partial charge < -0.3 is 15.2 Å². The van der Waals surface area contributed by atoms with Gasteiger partial charge in [-0.05, 0) is 25.7 Å². The van der Waals surface area contributed by atoms with Gasteiger partial charge in [0.25, 0.3) is 0 Å². The normalized spacial score (nSPS) is 15.8. The quantitative estimate of drug-likeness (QED) is 0.866. The first-order chi connectivity index (χ1) is 9.56. The Morgan fingerprint density at radius 2 is 2.20 bits per heavy atom. The van der Waals surface area contributed by atoms with Crippen molar-refractivity contribution in [3.63, 3.8) is 0 Å². The van der Waals surface area contributed by atoms with Crippen molar-refractivity contribution in [3.05, 3.63) is 17.7 Å². The zero-order valence-corrected chi connectivity index (χ0v) is 12.8. The number of aryl methyl sites for hydroxylation is 2. The van der Waals surface area contributed by atoms with Crippen molar-refractivity contribution in [2.75, 3.05) is 6.54 Å². The topological polar surface area (TPSA) is 59.0 Å². The fraction of sp³-hybridized carbons (Fsp3) is 0.733. The summed E-state index contributed by atoms with van der Waals surface area (Å²) >= 11 is 0. The van der Waals surface area contributed by atoms with Gasteiger partial charge in [-0.3, -0.25) is 0 Å². The molecule has 0 saturated carbocycles. The highest BCUT2D eigenvalue weighted by Gasteiger charge is 2.13. The van der Waals surface area contributed by atoms with Crippen LogP contribution in [0.5, 0.6) is 0 Å². The van der Waals surface area contributed by atoms with Crippen LogP contribution in [-0.2, 0) is 19.4 Å². The first-order valence-electron chi connectivity index (χ1n) is 7.65. The molecule has 2 rings (SSSR count). The van der Waals surface area contributed by atoms with E-state index in [2.05, 4.69) is 40.2 Å². The molecule has 0 radical (unpaired) electrons. The fourth-order valence-electron chi connectivity index (χ4n) is 2.32. The molecular formula is C15H26N4O. The minimum Gasteiger partial charge on any atom is -0.338 e. The minimum absolute atomic E-state index is 0.0878. The largest absolute Gasteiger partial charge is 0.338 e. The molecule has 0 aliphatic carbocycles. The number of fused-ring (bicyclic) bond motifs is 1. The summed E-state index contributed by atoms with van der Waals surface area (Å²) in [5.41, 5.74) is 1.08. The van der Waals surface area contributed by atoms with E-state index in [1.165, 1.54) is 18.7 Å². The van der Waals surface area contributed by atoms with Crippen molar-refractivity contribution >= 4 is 6.03 Å². The summed E-state index contributed by atoms with van der Waals surface area (Å²) in [6.07, 6.45) is 6.49. The van der Waals surface area contributed by atoms with Gasteiger partial charge in [0, 0.05) is 38.2 Å². The summed E-state index contributed by atoms with van der Waals surface area (Å²) in [5, 5.41) is 5.84. The van der Waals surface area contributed by atoms with Crippen molar-refractivity contribution in [1.82, 2.24) is 20.2 Å². The molecule has 1 aromatic rings. The molecule has 1 aromatic heterocycles. The maximum absolute atomic E-state index is 11.7. The highest BCUT2D eigenvalue weighted by atomic mass is 16.2. The van der Waals surface area contributed by atoms with Gasteiger partial charge >= 0.3 is 6.03 Å². The van der Waals surface area contributed by atoms with Gasteiger partial charge in [-0.1, -0.05) is 13.8 Å². The summed E-state index contributed by atoms with van der Waals surface area (Å²) in [7, 11) is 0. The van der Waals surface area contributed by atoms with Gasteiger partial charge in [0.1, 0.15) is 5.82 Å². The van der Waals surface area contributed by atoms with E-state index < -0.39 is 0 Å². The number of urea groups is 1. The van der Waals surface area contributed by atoms with Crippen LogP contribution in [0.4, 0.5) is 4.79 Å². The Morgan fingerprint density at radius 1 is 1.40 bits per heavy atom. The second kappa shape index (κ2) is 6.77. The van der Waals surface area contributed by atoms with Crippen molar-refractivity contribution in [3.8, 4) is 0 Å². The number of aromatic nitrogens is 2. The standard InChI is InChI=1S/C15H26N4O/c1-11(2)12(3)17-15(20)16-8-7-13-10-19-9-5-4-6-14(19)18-13/h10-12H,4-9H2,1-3H3,(H2,16,17,20). The first-order valence-corrected chi connectivity index (χ1v) is 7.65. The lowest BCUT2D eigenvalue weighted by molar-refractivity contribution is 0.234. The molecule has 2 amide bonds. The molecule has 5 nitrogen and oxygen atoms in total. The number of rotatable bonds is 5. The molecule has 112 valence electrons. The number of carbonyl (C=O) groups excluding carboxylic acids is 1. The Bertz CT molecular complexity index is 429. The Balaban J connectivity index is 1.73. The van der Waals surface area contributed by atoms with Crippen LogP contribution >= 0.6 is 0 Å². The lowest BCUT2D eigenvalue weighted by Crippen LogP contribution is -2.43. The molecule has 0 spiro atoms. The molecule has 20 heavy (non-hydrogen) atoms. The fourth-order valence-corrected chi connectivity index (χ4v) is 2.32. The molecule has 2 heterocycles. The SMILES string of the molecule is CC(C)C(C)NC(=O)NCCc1cn2c(n1)CCCC2. The second-order valence-corrected chi connectivity index (χ2v) is 5.98. The number of nitrogens with zero attached hydrogens (tertiary/aromatic N) is 2. The van der Waals surface area contributed by atoms with Crippen LogP contribution in [0.3, 0.4) is 0 Å². The van der Waals surface area contributed by atoms with Crippen LogP contribution in [-0.4, -0.2) is 28.2 Å². The van der Waals surface area contributed by atoms with Crippen molar-refractivity contribution in [2.45, 2.75) is 59.0 Å². The molecule has 2 N–H and O–H groups in total. The first kappa shape index (κ1) is 14.9. The van der Waals surface area contributed by atoms with Crippen LogP contribution in [0.25, 0.3) is 0 Å². The smallest absolute Gasteiger partial charge is 0.315 e. The third-order valence-electron chi connectivity index (χ3n) is 3.98. The highest BCUT2D eigenvalue weighted by Crippen LogP contribution is 2.14. The number of carbonyl (C=O) groups is 1. The minimum atomic E-state index is -0.0878. The number of imidazole rings is 1. The zero-order valence-electron chi connectivity index (χ0n) is 12.8. The highest BCUT2D eigenvalue weighted by molar-refractivity contribution is 5.74. The Hall–Kier alpha value is -1.52. The summed E-state index contributed by atoms with van der Waals surface area (Å²) in [6.45, 7) is 7.93. The average molecular weight is 278 g/mol. The number of amides is 2. The maximum Gasteiger partial charge on any atom is 0.315 e. The summed E-state index contributed by atoms with van der Waals surface area (Å²) in [5.74, 6) is 1.64. The Kier molecular flexibility index (Phi) is 5.04. The van der Waals surface area contributed by atoms with Gasteiger partial charge in [0.15, 0.2) is 0 Å². The molecule has 0 fully saturated rings. The van der Waals surface area contributed by atoms with E-state index in [1.807, 2.05) is 6.92 Å². The monoisotopic (exact) mass is 278 g/mol. The molecule has 0 saturated heterocycles. The van der Waals surface area contributed by atoms with E-state index in [9.17, 15) is 4.79 Å². The van der Waals surface area contributed by atoms with Gasteiger partial charge in [-0.15, -0.1) is 0 Å². The van der Waals surface area contributed by atoms with Gasteiger partial charge in [0.05, 0.1) is 5.69 Å². The third-order valence-corrected chi connectivity index (χ3v) is 3.98. The van der Waals surface area contributed by atoms with Crippen molar-refractivity contribution in [2.24, 2.45) is 5.92 Å². The Labute approximate surface area is 121 Å². The van der Waals surface area contributed by atoms with Crippen molar-refractivity contribution in [1.29, 1.82) is 0 Å². The predicted molar refractivity (Wildman–Crippen MR) is 79.7 cm³/mol. The molecule has 0 aromatic carbocycles. The average Bonchev–Trinajstić information content (AvgIpc) is 2.81. The number of hydrogen-bond acceptors (Lipinski definition) is 2. The lowest BCUT2D eigenvalue weighted by Gasteiger charge is -2.17. The van der Waals surface area contributed by atoms with Gasteiger partial charge in [-0.2, -0.15) is 0 Å². The maximum atomic E-state index is 11.7. The number of hydrogen-bond donors (Lipinski definition) is 2. The van der Waals surface area contributed by atoms with Crippen molar-refractivity contribution < 1.29 is 4.79 Å². The van der Waals surface area contributed by atoms with E-state index >= 15 is 0 Å². The lowest BCUT2D eigenvalue weighted by atomic mass is 10.1. The summed E-state index contributed by atoms with van der Waals surface area (Å²) in [6, 6.07) is 0.102. The molecular weight excluding hydrogens is 252 g/mol. The molecule has 1 aliphatic rings. The van der Waals surface area contributed by atoms with E-state index in [1.54, 1.807) is 0 Å². The van der Waals surface area contributed by atoms with E-state index in [0.29, 0.717) is 12.5 Å². The number of nitrogens with one attached hydrogen (secondary N) is 2. The van der Waals surface area contributed by atoms with Crippen LogP contribution < -0.4 is 10.6 Å². The molecule has 1 aliphatic heterocycles. The van der Waals surface area contributed by atoms with Crippen LogP contribution in [0.1, 0.15) is 45.1 Å². The van der Waals surface area contributed by atoms with Gasteiger partial charge in [0.2, 0.25) is 0 Å². The van der Waals surface area contributed by atoms with Gasteiger partial charge in [-0.25, -0.2) is 9.78 Å².